The van der Waals surface area contributed by atoms with Crippen molar-refractivity contribution in [2.45, 2.75) is 0 Å². The van der Waals surface area contributed by atoms with Crippen LogP contribution in [0.5, 0.6) is 0 Å². The predicted octanol–water partition coefficient (Wildman–Crippen LogP) is 1.03. The molecule has 1 saturated heterocycles. The van der Waals surface area contributed by atoms with E-state index < -0.39 is 0 Å². The van der Waals surface area contributed by atoms with Gasteiger partial charge in [0.15, 0.2) is 0 Å². The third-order valence-electron chi connectivity index (χ3n) is 3.47. The van der Waals surface area contributed by atoms with Crippen molar-refractivity contribution in [2.75, 3.05) is 53.0 Å². The molecule has 0 saturated carbocycles. The molecule has 1 aromatic rings. The van der Waals surface area contributed by atoms with E-state index in [0.29, 0.717) is 45.9 Å². The van der Waals surface area contributed by atoms with Gasteiger partial charge < -0.3 is 15.0 Å². The minimum atomic E-state index is -0.00201. The van der Waals surface area contributed by atoms with Gasteiger partial charge >= 0.3 is 0 Å². The van der Waals surface area contributed by atoms with Crippen LogP contribution in [-0.2, 0) is 9.53 Å². The molecular formula is C14H20BrN3O3S. The normalized spacial score (nSPS) is 15.8. The number of nitrogens with zero attached hydrogens (tertiary/aromatic N) is 2. The molecule has 122 valence electrons. The molecule has 8 heteroatoms. The Morgan fingerprint density at radius 2 is 2.09 bits per heavy atom. The van der Waals surface area contributed by atoms with Gasteiger partial charge in [-0.25, -0.2) is 0 Å². The lowest BCUT2D eigenvalue weighted by Gasteiger charge is -2.34. The van der Waals surface area contributed by atoms with Crippen LogP contribution < -0.4 is 5.32 Å². The average Bonchev–Trinajstić information content (AvgIpc) is 2.94. The number of carbonyl (C=O) groups is 2. The van der Waals surface area contributed by atoms with Crippen molar-refractivity contribution in [3.05, 3.63) is 20.8 Å². The molecule has 1 aliphatic rings. The van der Waals surface area contributed by atoms with Crippen molar-refractivity contribution in [3.8, 4) is 0 Å². The number of piperazine rings is 1. The lowest BCUT2D eigenvalue weighted by atomic mass is 10.3. The van der Waals surface area contributed by atoms with E-state index in [2.05, 4.69) is 26.1 Å². The van der Waals surface area contributed by atoms with Crippen LogP contribution in [0.3, 0.4) is 0 Å². The van der Waals surface area contributed by atoms with Crippen LogP contribution in [-0.4, -0.2) is 74.6 Å². The van der Waals surface area contributed by atoms with Gasteiger partial charge in [-0.1, -0.05) is 0 Å². The topological polar surface area (TPSA) is 61.9 Å². The number of halogens is 1. The number of hydrogen-bond donors (Lipinski definition) is 1. The molecule has 1 fully saturated rings. The molecule has 2 amide bonds. The van der Waals surface area contributed by atoms with Crippen molar-refractivity contribution >= 4 is 39.1 Å². The van der Waals surface area contributed by atoms with Crippen LogP contribution in [0.25, 0.3) is 0 Å². The van der Waals surface area contributed by atoms with Crippen molar-refractivity contribution < 1.29 is 14.3 Å². The van der Waals surface area contributed by atoms with Crippen molar-refractivity contribution in [1.82, 2.24) is 15.1 Å². The maximum Gasteiger partial charge on any atom is 0.265 e. The molecule has 22 heavy (non-hydrogen) atoms. The van der Waals surface area contributed by atoms with E-state index >= 15 is 0 Å². The van der Waals surface area contributed by atoms with Crippen molar-refractivity contribution in [3.63, 3.8) is 0 Å². The third-order valence-corrected chi connectivity index (χ3v) is 5.29. The fraction of sp³-hybridized carbons (Fsp3) is 0.571. The first-order valence-electron chi connectivity index (χ1n) is 7.12. The standard InChI is InChI=1S/C14H20BrN3O3S/c1-21-8-3-16-12(19)10-17-4-6-18(7-5-17)14(20)13-11(15)2-9-22-13/h2,9H,3-8,10H2,1H3,(H,16,19). The predicted molar refractivity (Wildman–Crippen MR) is 89.2 cm³/mol. The summed E-state index contributed by atoms with van der Waals surface area (Å²) >= 11 is 4.84. The summed E-state index contributed by atoms with van der Waals surface area (Å²) in [6.07, 6.45) is 0. The highest BCUT2D eigenvalue weighted by Gasteiger charge is 2.24. The van der Waals surface area contributed by atoms with E-state index in [1.165, 1.54) is 11.3 Å². The number of nitrogens with one attached hydrogen (secondary N) is 1. The summed E-state index contributed by atoms with van der Waals surface area (Å²) in [5.41, 5.74) is 0. The Labute approximate surface area is 142 Å². The van der Waals surface area contributed by atoms with Crippen LogP contribution in [0.15, 0.2) is 15.9 Å². The van der Waals surface area contributed by atoms with Crippen LogP contribution >= 0.6 is 27.3 Å². The molecule has 0 spiro atoms. The Morgan fingerprint density at radius 3 is 2.68 bits per heavy atom. The van der Waals surface area contributed by atoms with Gasteiger partial charge in [0.1, 0.15) is 4.88 Å². The Bertz CT molecular complexity index is 515. The second-order valence-corrected chi connectivity index (χ2v) is 6.78. The van der Waals surface area contributed by atoms with Crippen LogP contribution in [0.1, 0.15) is 9.67 Å². The number of thiophene rings is 1. The van der Waals surface area contributed by atoms with E-state index in [9.17, 15) is 9.59 Å². The molecule has 0 aromatic carbocycles. The van der Waals surface area contributed by atoms with Crippen LogP contribution in [0.4, 0.5) is 0 Å². The summed E-state index contributed by atoms with van der Waals surface area (Å²) in [4.78, 5) is 28.8. The number of hydrogen-bond acceptors (Lipinski definition) is 5. The van der Waals surface area contributed by atoms with Gasteiger partial charge in [0.2, 0.25) is 5.91 Å². The summed E-state index contributed by atoms with van der Waals surface area (Å²) in [7, 11) is 1.61. The Balaban J connectivity index is 1.75. The van der Waals surface area contributed by atoms with Gasteiger partial charge in [0, 0.05) is 44.3 Å². The maximum absolute atomic E-state index is 12.4. The number of carbonyl (C=O) groups excluding carboxylic acids is 2. The number of rotatable bonds is 6. The van der Waals surface area contributed by atoms with Gasteiger partial charge in [-0.3, -0.25) is 14.5 Å². The lowest BCUT2D eigenvalue weighted by molar-refractivity contribution is -0.122. The van der Waals surface area contributed by atoms with E-state index in [-0.39, 0.29) is 11.8 Å². The molecule has 2 heterocycles. The minimum Gasteiger partial charge on any atom is -0.383 e. The molecular weight excluding hydrogens is 370 g/mol. The minimum absolute atomic E-state index is 0.00201. The molecule has 6 nitrogen and oxygen atoms in total. The monoisotopic (exact) mass is 389 g/mol. The first-order chi connectivity index (χ1) is 10.6. The van der Waals surface area contributed by atoms with Gasteiger partial charge in [-0.05, 0) is 27.4 Å². The molecule has 1 aromatic heterocycles. The quantitative estimate of drug-likeness (QED) is 0.738. The fourth-order valence-electron chi connectivity index (χ4n) is 2.25. The molecule has 0 radical (unpaired) electrons. The SMILES string of the molecule is COCCNC(=O)CN1CCN(C(=O)c2sccc2Br)CC1. The second-order valence-electron chi connectivity index (χ2n) is 5.01. The van der Waals surface area contributed by atoms with E-state index in [1.807, 2.05) is 16.3 Å². The van der Waals surface area contributed by atoms with Crippen molar-refractivity contribution in [1.29, 1.82) is 0 Å². The zero-order chi connectivity index (χ0) is 15.9. The largest absolute Gasteiger partial charge is 0.383 e. The highest BCUT2D eigenvalue weighted by molar-refractivity contribution is 9.10. The van der Waals surface area contributed by atoms with Crippen LogP contribution in [0.2, 0.25) is 0 Å². The van der Waals surface area contributed by atoms with Gasteiger partial charge in [-0.15, -0.1) is 11.3 Å². The lowest BCUT2D eigenvalue weighted by Crippen LogP contribution is -2.51. The van der Waals surface area contributed by atoms with Gasteiger partial charge in [0.05, 0.1) is 13.2 Å². The van der Waals surface area contributed by atoms with Crippen molar-refractivity contribution in [2.24, 2.45) is 0 Å². The second kappa shape index (κ2) is 8.61. The van der Waals surface area contributed by atoms with E-state index in [1.54, 1.807) is 7.11 Å². The third kappa shape index (κ3) is 4.77. The summed E-state index contributed by atoms with van der Waals surface area (Å²) in [5, 5.41) is 4.70. The smallest absolute Gasteiger partial charge is 0.265 e. The highest BCUT2D eigenvalue weighted by atomic mass is 79.9. The molecule has 0 bridgehead atoms. The van der Waals surface area contributed by atoms with Gasteiger partial charge in [-0.2, -0.15) is 0 Å². The van der Waals surface area contributed by atoms with Gasteiger partial charge in [0.25, 0.3) is 5.91 Å². The molecule has 0 aliphatic carbocycles. The summed E-state index contributed by atoms with van der Waals surface area (Å²) < 4.78 is 5.74. The number of methoxy groups -OCH3 is 1. The summed E-state index contributed by atoms with van der Waals surface area (Å²) in [5.74, 6) is 0.0592. The fourth-order valence-corrected chi connectivity index (χ4v) is 3.76. The molecule has 0 atom stereocenters. The van der Waals surface area contributed by atoms with Crippen LogP contribution in [0, 0.1) is 0 Å². The van der Waals surface area contributed by atoms with E-state index in [0.717, 1.165) is 9.35 Å². The zero-order valence-electron chi connectivity index (χ0n) is 12.5. The highest BCUT2D eigenvalue weighted by Crippen LogP contribution is 2.24. The summed E-state index contributed by atoms with van der Waals surface area (Å²) in [6, 6.07) is 1.89. The summed E-state index contributed by atoms with van der Waals surface area (Å²) in [6.45, 7) is 4.14. The Morgan fingerprint density at radius 1 is 1.36 bits per heavy atom. The molecule has 0 unspecified atom stereocenters. The maximum atomic E-state index is 12.4. The Hall–Kier alpha value is -0.960. The van der Waals surface area contributed by atoms with E-state index in [4.69, 9.17) is 4.74 Å². The zero-order valence-corrected chi connectivity index (χ0v) is 14.9. The Kier molecular flexibility index (Phi) is 6.81. The molecule has 2 rings (SSSR count). The first-order valence-corrected chi connectivity index (χ1v) is 8.79. The number of amides is 2. The molecule has 1 N–H and O–H groups in total. The molecule has 1 aliphatic heterocycles. The average molecular weight is 390 g/mol. The number of ether oxygens (including phenoxy) is 1. The first kappa shape index (κ1) is 17.4.